The highest BCUT2D eigenvalue weighted by Gasteiger charge is 2.35. The van der Waals surface area contributed by atoms with E-state index in [9.17, 15) is 32.9 Å². The lowest BCUT2D eigenvalue weighted by Gasteiger charge is -2.10. The number of nitro benzene ring substituents is 1. The van der Waals surface area contributed by atoms with Crippen molar-refractivity contribution in [3.05, 3.63) is 86.1 Å². The molecular weight excluding hydrogens is 415 g/mol. The third-order valence-electron chi connectivity index (χ3n) is 3.73. The summed E-state index contributed by atoms with van der Waals surface area (Å²) in [6.45, 7) is 1.66. The second-order valence-corrected chi connectivity index (χ2v) is 6.08. The molecule has 0 spiro atoms. The van der Waals surface area contributed by atoms with Gasteiger partial charge < -0.3 is 4.74 Å². The minimum Gasteiger partial charge on any atom is -0.501 e. The lowest BCUT2D eigenvalue weighted by Crippen LogP contribution is -2.16. The molecule has 152 valence electrons. The molecule has 6 nitrogen and oxygen atoms in total. The van der Waals surface area contributed by atoms with Crippen LogP contribution in [-0.2, 0) is 10.9 Å². The van der Waals surface area contributed by atoms with Gasteiger partial charge in [0.25, 0.3) is 5.69 Å². The topological polar surface area (TPSA) is 86.5 Å². The first-order valence-electron chi connectivity index (χ1n) is 8.08. The van der Waals surface area contributed by atoms with Crippen LogP contribution in [0.5, 0.6) is 0 Å². The Hall–Kier alpha value is -3.20. The molecule has 0 aromatic heterocycles. The van der Waals surface area contributed by atoms with E-state index in [1.807, 2.05) is 0 Å². The van der Waals surface area contributed by atoms with Crippen LogP contribution in [0.4, 0.5) is 18.9 Å². The first kappa shape index (κ1) is 22.1. The molecule has 0 unspecified atom stereocenters. The third kappa shape index (κ3) is 5.20. The molecule has 0 aliphatic carbocycles. The van der Waals surface area contributed by atoms with Crippen molar-refractivity contribution < 1.29 is 32.4 Å². The zero-order chi connectivity index (χ0) is 21.8. The van der Waals surface area contributed by atoms with E-state index in [0.29, 0.717) is 17.2 Å². The lowest BCUT2D eigenvalue weighted by atomic mass is 9.95. The van der Waals surface area contributed by atoms with Crippen LogP contribution in [-0.4, -0.2) is 23.1 Å². The van der Waals surface area contributed by atoms with Gasteiger partial charge in [0.15, 0.2) is 5.78 Å². The summed E-state index contributed by atoms with van der Waals surface area (Å²) in [5.41, 5.74) is -3.56. The molecule has 0 atom stereocenters. The highest BCUT2D eigenvalue weighted by Crippen LogP contribution is 2.34. The van der Waals surface area contributed by atoms with Crippen molar-refractivity contribution in [3.8, 4) is 0 Å². The fraction of sp³-hybridized carbons (Fsp3) is 0.158. The minimum absolute atomic E-state index is 0.0447. The van der Waals surface area contributed by atoms with E-state index in [-0.39, 0.29) is 18.2 Å². The summed E-state index contributed by atoms with van der Waals surface area (Å²) in [7, 11) is 0. The molecule has 0 aliphatic rings. The van der Waals surface area contributed by atoms with Crippen LogP contribution >= 0.6 is 11.6 Å². The van der Waals surface area contributed by atoms with E-state index in [2.05, 4.69) is 0 Å². The number of alkyl halides is 3. The Morgan fingerprint density at radius 1 is 1.14 bits per heavy atom. The number of nitrogens with zero attached hydrogens (tertiary/aromatic N) is 1. The van der Waals surface area contributed by atoms with Crippen molar-refractivity contribution >= 4 is 28.9 Å². The second-order valence-electron chi connectivity index (χ2n) is 5.64. The van der Waals surface area contributed by atoms with Crippen LogP contribution < -0.4 is 0 Å². The van der Waals surface area contributed by atoms with Crippen molar-refractivity contribution in [2.75, 3.05) is 6.61 Å². The van der Waals surface area contributed by atoms with Crippen LogP contribution in [0, 0.1) is 10.1 Å². The maximum atomic E-state index is 12.9. The molecule has 0 bridgehead atoms. The first-order chi connectivity index (χ1) is 13.6. The molecule has 0 N–H and O–H groups in total. The van der Waals surface area contributed by atoms with Gasteiger partial charge in [-0.2, -0.15) is 13.2 Å². The van der Waals surface area contributed by atoms with E-state index in [0.717, 1.165) is 6.26 Å². The first-order valence-corrected chi connectivity index (χ1v) is 8.46. The molecule has 0 heterocycles. The summed E-state index contributed by atoms with van der Waals surface area (Å²) in [6, 6.07) is 6.91. The van der Waals surface area contributed by atoms with Gasteiger partial charge >= 0.3 is 6.18 Å². The predicted octanol–water partition coefficient (Wildman–Crippen LogP) is 5.25. The van der Waals surface area contributed by atoms with Crippen LogP contribution in [0.3, 0.4) is 0 Å². The lowest BCUT2D eigenvalue weighted by molar-refractivity contribution is -0.385. The summed E-state index contributed by atoms with van der Waals surface area (Å²) >= 11 is 5.76. The van der Waals surface area contributed by atoms with E-state index in [4.69, 9.17) is 16.3 Å². The monoisotopic (exact) mass is 427 g/mol. The van der Waals surface area contributed by atoms with Gasteiger partial charge in [-0.25, -0.2) is 0 Å². The van der Waals surface area contributed by atoms with Gasteiger partial charge in [-0.3, -0.25) is 19.7 Å². The van der Waals surface area contributed by atoms with Gasteiger partial charge in [-0.1, -0.05) is 11.6 Å². The standard InChI is InChI=1S/C19H13ClF3NO5/c1-2-29-10-15(17(25)11-3-6-13(20)7-4-11)18(26)14-8-5-12(19(21,22)23)9-16(14)24(27)28/h3-10H,2H2,1H3. The summed E-state index contributed by atoms with van der Waals surface area (Å²) in [5, 5.41) is 11.6. The summed E-state index contributed by atoms with van der Waals surface area (Å²) in [6.07, 6.45) is -4.00. The number of carbonyl (C=O) groups is 2. The van der Waals surface area contributed by atoms with Gasteiger partial charge in [0.1, 0.15) is 11.1 Å². The quantitative estimate of drug-likeness (QED) is 0.114. The Morgan fingerprint density at radius 3 is 2.28 bits per heavy atom. The fourth-order valence-electron chi connectivity index (χ4n) is 2.33. The Kier molecular flexibility index (Phi) is 6.76. The number of ketones is 2. The number of carbonyl (C=O) groups excluding carboxylic acids is 2. The summed E-state index contributed by atoms with van der Waals surface area (Å²) in [4.78, 5) is 35.7. The number of hydrogen-bond donors (Lipinski definition) is 0. The predicted molar refractivity (Wildman–Crippen MR) is 97.9 cm³/mol. The average molecular weight is 428 g/mol. The van der Waals surface area contributed by atoms with E-state index < -0.39 is 45.1 Å². The Morgan fingerprint density at radius 2 is 1.76 bits per heavy atom. The number of nitro groups is 1. The molecular formula is C19H13ClF3NO5. The minimum atomic E-state index is -4.84. The number of hydrogen-bond acceptors (Lipinski definition) is 5. The van der Waals surface area contributed by atoms with E-state index in [1.165, 1.54) is 24.3 Å². The fourth-order valence-corrected chi connectivity index (χ4v) is 2.46. The number of allylic oxidation sites excluding steroid dienone is 1. The highest BCUT2D eigenvalue weighted by molar-refractivity contribution is 6.32. The van der Waals surface area contributed by atoms with Crippen molar-refractivity contribution in [3.63, 3.8) is 0 Å². The smallest absolute Gasteiger partial charge is 0.416 e. The second kappa shape index (κ2) is 8.87. The van der Waals surface area contributed by atoms with E-state index >= 15 is 0 Å². The summed E-state index contributed by atoms with van der Waals surface area (Å²) in [5.74, 6) is -1.96. The number of halogens is 4. The zero-order valence-corrected chi connectivity index (χ0v) is 15.6. The number of ether oxygens (including phenoxy) is 1. The van der Waals surface area contributed by atoms with Crippen LogP contribution in [0.25, 0.3) is 0 Å². The van der Waals surface area contributed by atoms with Crippen LogP contribution in [0.2, 0.25) is 5.02 Å². The SMILES string of the molecule is CCOC=C(C(=O)c1ccc(Cl)cc1)C(=O)c1ccc(C(F)(F)F)cc1[N+](=O)[O-]. The molecule has 0 aliphatic heterocycles. The zero-order valence-electron chi connectivity index (χ0n) is 14.8. The molecule has 29 heavy (non-hydrogen) atoms. The molecule has 0 amide bonds. The summed E-state index contributed by atoms with van der Waals surface area (Å²) < 4.78 is 43.6. The van der Waals surface area contributed by atoms with Crippen molar-refractivity contribution in [2.24, 2.45) is 0 Å². The van der Waals surface area contributed by atoms with Gasteiger partial charge in [-0.15, -0.1) is 0 Å². The van der Waals surface area contributed by atoms with Gasteiger partial charge in [0.2, 0.25) is 5.78 Å². The van der Waals surface area contributed by atoms with Crippen molar-refractivity contribution in [1.82, 2.24) is 0 Å². The van der Waals surface area contributed by atoms with Gasteiger partial charge in [0, 0.05) is 16.7 Å². The molecule has 10 heteroatoms. The third-order valence-corrected chi connectivity index (χ3v) is 3.98. The molecule has 0 saturated carbocycles. The van der Waals surface area contributed by atoms with Crippen molar-refractivity contribution in [1.29, 1.82) is 0 Å². The van der Waals surface area contributed by atoms with Gasteiger partial charge in [0.05, 0.1) is 23.4 Å². The average Bonchev–Trinajstić information content (AvgIpc) is 2.67. The van der Waals surface area contributed by atoms with Crippen LogP contribution in [0.1, 0.15) is 33.2 Å². The molecule has 2 aromatic rings. The van der Waals surface area contributed by atoms with E-state index in [1.54, 1.807) is 6.92 Å². The number of benzene rings is 2. The molecule has 2 aromatic carbocycles. The Bertz CT molecular complexity index is 984. The van der Waals surface area contributed by atoms with Crippen molar-refractivity contribution in [2.45, 2.75) is 13.1 Å². The Balaban J connectivity index is 2.55. The van der Waals surface area contributed by atoms with Crippen LogP contribution in [0.15, 0.2) is 54.3 Å². The molecule has 0 fully saturated rings. The Labute approximate surface area is 167 Å². The maximum absolute atomic E-state index is 12.9. The number of Topliss-reactive ketones (excluding diaryl/α,β-unsaturated/α-hetero) is 2. The largest absolute Gasteiger partial charge is 0.501 e. The number of rotatable bonds is 7. The maximum Gasteiger partial charge on any atom is 0.416 e. The van der Waals surface area contributed by atoms with Gasteiger partial charge in [-0.05, 0) is 43.3 Å². The highest BCUT2D eigenvalue weighted by atomic mass is 35.5. The molecule has 0 saturated heterocycles. The molecule has 2 rings (SSSR count). The normalized spacial score (nSPS) is 11.8. The molecule has 0 radical (unpaired) electrons.